The van der Waals surface area contributed by atoms with Crippen LogP contribution in [0.3, 0.4) is 0 Å². The van der Waals surface area contributed by atoms with Gasteiger partial charge in [-0.1, -0.05) is 30.3 Å². The summed E-state index contributed by atoms with van der Waals surface area (Å²) in [7, 11) is 0. The molecule has 4 heteroatoms. The van der Waals surface area contributed by atoms with Gasteiger partial charge in [-0.25, -0.2) is 4.79 Å². The average molecular weight is 315 g/mol. The number of rotatable bonds is 4. The van der Waals surface area contributed by atoms with E-state index in [9.17, 15) is 4.79 Å². The fourth-order valence-electron chi connectivity index (χ4n) is 2.87. The van der Waals surface area contributed by atoms with Crippen LogP contribution in [-0.4, -0.2) is 24.0 Å². The van der Waals surface area contributed by atoms with Gasteiger partial charge in [-0.05, 0) is 43.5 Å². The zero-order valence-electron chi connectivity index (χ0n) is 12.9. The largest absolute Gasteiger partial charge is 0.462 e. The molecule has 1 aliphatic rings. The Morgan fingerprint density at radius 3 is 2.91 bits per heavy atom. The van der Waals surface area contributed by atoms with Gasteiger partial charge in [0.15, 0.2) is 0 Å². The van der Waals surface area contributed by atoms with Crippen molar-refractivity contribution in [2.45, 2.75) is 32.9 Å². The maximum atomic E-state index is 11.9. The van der Waals surface area contributed by atoms with E-state index in [1.54, 1.807) is 11.3 Å². The highest BCUT2D eigenvalue weighted by atomic mass is 32.1. The lowest BCUT2D eigenvalue weighted by Crippen LogP contribution is -2.22. The average Bonchev–Trinajstić information content (AvgIpc) is 2.83. The fraction of sp³-hybridized carbons (Fsp3) is 0.389. The number of hydrogen-bond donors (Lipinski definition) is 0. The third-order valence-electron chi connectivity index (χ3n) is 3.91. The van der Waals surface area contributed by atoms with Crippen molar-refractivity contribution < 1.29 is 9.53 Å². The van der Waals surface area contributed by atoms with Crippen molar-refractivity contribution in [3.05, 3.63) is 57.3 Å². The molecule has 0 saturated carbocycles. The van der Waals surface area contributed by atoms with Crippen LogP contribution in [0.5, 0.6) is 0 Å². The number of benzene rings is 1. The maximum Gasteiger partial charge on any atom is 0.348 e. The van der Waals surface area contributed by atoms with Gasteiger partial charge in [-0.3, -0.25) is 4.90 Å². The first kappa shape index (κ1) is 15.3. The van der Waals surface area contributed by atoms with Crippen LogP contribution in [0.2, 0.25) is 0 Å². The minimum Gasteiger partial charge on any atom is -0.462 e. The van der Waals surface area contributed by atoms with Gasteiger partial charge in [0.05, 0.1) is 6.61 Å². The van der Waals surface area contributed by atoms with Gasteiger partial charge >= 0.3 is 5.97 Å². The first-order valence-electron chi connectivity index (χ1n) is 7.81. The molecule has 0 radical (unpaired) electrons. The summed E-state index contributed by atoms with van der Waals surface area (Å²) in [6.45, 7) is 5.27. The summed E-state index contributed by atoms with van der Waals surface area (Å²) >= 11 is 1.59. The first-order chi connectivity index (χ1) is 10.8. The molecule has 3 nitrogen and oxygen atoms in total. The molecule has 0 fully saturated rings. The van der Waals surface area contributed by atoms with Gasteiger partial charge in [0.1, 0.15) is 4.88 Å². The summed E-state index contributed by atoms with van der Waals surface area (Å²) in [5.41, 5.74) is 2.66. The molecule has 0 saturated heterocycles. The molecule has 0 spiro atoms. The molecule has 1 aromatic carbocycles. The molecule has 3 rings (SSSR count). The third kappa shape index (κ3) is 3.57. The van der Waals surface area contributed by atoms with Gasteiger partial charge in [0.25, 0.3) is 0 Å². The van der Waals surface area contributed by atoms with Crippen LogP contribution >= 0.6 is 11.3 Å². The molecule has 0 unspecified atom stereocenters. The summed E-state index contributed by atoms with van der Waals surface area (Å²) in [6.07, 6.45) is 2.19. The van der Waals surface area contributed by atoms with Crippen LogP contribution in [0.15, 0.2) is 36.4 Å². The summed E-state index contributed by atoms with van der Waals surface area (Å²) in [5.74, 6) is -0.185. The van der Waals surface area contributed by atoms with E-state index in [1.165, 1.54) is 16.0 Å². The molecule has 0 amide bonds. The molecule has 2 heterocycles. The van der Waals surface area contributed by atoms with Crippen LogP contribution in [0.1, 0.15) is 39.0 Å². The molecular weight excluding hydrogens is 294 g/mol. The monoisotopic (exact) mass is 315 g/mol. The number of nitrogens with zero attached hydrogens (tertiary/aromatic N) is 1. The highest BCUT2D eigenvalue weighted by Gasteiger charge is 2.20. The Morgan fingerprint density at radius 2 is 2.14 bits per heavy atom. The number of fused-ring (bicyclic) bond motifs is 1. The van der Waals surface area contributed by atoms with E-state index in [1.807, 2.05) is 13.0 Å². The highest BCUT2D eigenvalue weighted by Crippen LogP contribution is 2.29. The summed E-state index contributed by atoms with van der Waals surface area (Å²) in [6, 6.07) is 12.6. The van der Waals surface area contributed by atoms with Crippen LogP contribution in [0.25, 0.3) is 0 Å². The fourth-order valence-corrected chi connectivity index (χ4v) is 4.01. The van der Waals surface area contributed by atoms with Crippen LogP contribution in [-0.2, 0) is 24.2 Å². The maximum absolute atomic E-state index is 11.9. The van der Waals surface area contributed by atoms with E-state index in [4.69, 9.17) is 4.74 Å². The Bertz CT molecular complexity index is 636. The number of carbonyl (C=O) groups excluding carboxylic acids is 1. The Hall–Kier alpha value is -1.65. The first-order valence-corrected chi connectivity index (χ1v) is 8.63. The highest BCUT2D eigenvalue weighted by molar-refractivity contribution is 7.14. The predicted molar refractivity (Wildman–Crippen MR) is 89.2 cm³/mol. The van der Waals surface area contributed by atoms with Crippen molar-refractivity contribution in [2.24, 2.45) is 0 Å². The molecule has 0 bridgehead atoms. The van der Waals surface area contributed by atoms with Crippen molar-refractivity contribution in [3.63, 3.8) is 0 Å². The zero-order valence-corrected chi connectivity index (χ0v) is 13.7. The smallest absolute Gasteiger partial charge is 0.348 e. The number of ether oxygens (including phenoxy) is 1. The second kappa shape index (κ2) is 7.07. The predicted octanol–water partition coefficient (Wildman–Crippen LogP) is 3.87. The molecule has 2 aromatic rings. The van der Waals surface area contributed by atoms with Crippen molar-refractivity contribution in [2.75, 3.05) is 13.2 Å². The number of aryl methyl sites for hydroxylation is 1. The normalized spacial score (nSPS) is 15.1. The van der Waals surface area contributed by atoms with Crippen molar-refractivity contribution >= 4 is 17.3 Å². The van der Waals surface area contributed by atoms with Gasteiger partial charge in [0, 0.05) is 18.0 Å². The summed E-state index contributed by atoms with van der Waals surface area (Å²) in [4.78, 5) is 16.4. The van der Waals surface area contributed by atoms with Crippen LogP contribution in [0.4, 0.5) is 0 Å². The topological polar surface area (TPSA) is 29.5 Å². The van der Waals surface area contributed by atoms with E-state index in [0.29, 0.717) is 6.61 Å². The van der Waals surface area contributed by atoms with E-state index >= 15 is 0 Å². The van der Waals surface area contributed by atoms with Crippen LogP contribution in [0, 0.1) is 0 Å². The Kier molecular flexibility index (Phi) is 4.90. The molecule has 1 aromatic heterocycles. The summed E-state index contributed by atoms with van der Waals surface area (Å²) in [5, 5.41) is 0. The van der Waals surface area contributed by atoms with E-state index in [-0.39, 0.29) is 5.97 Å². The van der Waals surface area contributed by atoms with Gasteiger partial charge in [-0.15, -0.1) is 11.3 Å². The van der Waals surface area contributed by atoms with Gasteiger partial charge < -0.3 is 4.74 Å². The number of esters is 1. The van der Waals surface area contributed by atoms with Gasteiger partial charge in [-0.2, -0.15) is 0 Å². The van der Waals surface area contributed by atoms with Gasteiger partial charge in [0.2, 0.25) is 0 Å². The Balaban J connectivity index is 1.73. The molecule has 116 valence electrons. The van der Waals surface area contributed by atoms with E-state index < -0.39 is 0 Å². The van der Waals surface area contributed by atoms with Crippen molar-refractivity contribution in [1.29, 1.82) is 0 Å². The lowest BCUT2D eigenvalue weighted by atomic mass is 10.1. The molecule has 0 atom stereocenters. The van der Waals surface area contributed by atoms with Crippen molar-refractivity contribution in [1.82, 2.24) is 4.90 Å². The Morgan fingerprint density at radius 1 is 1.32 bits per heavy atom. The standard InChI is InChI=1S/C18H21NO2S/c1-2-21-18(20)16-11-15-9-6-10-19(13-17(15)22-16)12-14-7-4-3-5-8-14/h3-5,7-8,11H,2,6,9-10,12-13H2,1H3. The quantitative estimate of drug-likeness (QED) is 0.802. The molecule has 0 aliphatic carbocycles. The van der Waals surface area contributed by atoms with Crippen LogP contribution < -0.4 is 0 Å². The second-order valence-electron chi connectivity index (χ2n) is 5.58. The minimum atomic E-state index is -0.185. The SMILES string of the molecule is CCOC(=O)c1cc2c(s1)CN(Cc1ccccc1)CCC2. The molecule has 22 heavy (non-hydrogen) atoms. The van der Waals surface area contributed by atoms with E-state index in [0.717, 1.165) is 37.4 Å². The summed E-state index contributed by atoms with van der Waals surface area (Å²) < 4.78 is 5.12. The lowest BCUT2D eigenvalue weighted by Gasteiger charge is -2.19. The number of hydrogen-bond acceptors (Lipinski definition) is 4. The number of carbonyl (C=O) groups is 1. The molecule has 0 N–H and O–H groups in total. The minimum absolute atomic E-state index is 0.185. The third-order valence-corrected chi connectivity index (χ3v) is 5.05. The lowest BCUT2D eigenvalue weighted by molar-refractivity contribution is 0.0532. The molecular formula is C18H21NO2S. The number of thiophene rings is 1. The molecule has 1 aliphatic heterocycles. The van der Waals surface area contributed by atoms with Crippen molar-refractivity contribution in [3.8, 4) is 0 Å². The Labute approximate surface area is 135 Å². The van der Waals surface area contributed by atoms with E-state index in [2.05, 4.69) is 35.2 Å². The zero-order chi connectivity index (χ0) is 15.4. The second-order valence-corrected chi connectivity index (χ2v) is 6.72.